The number of fused-ring (bicyclic) bond motifs is 2. The Labute approximate surface area is 105 Å². The van der Waals surface area contributed by atoms with Crippen LogP contribution in [0.15, 0.2) is 12.2 Å². The van der Waals surface area contributed by atoms with Gasteiger partial charge in [-0.1, -0.05) is 26.0 Å². The molecule has 0 saturated heterocycles. The molecule has 2 aliphatic rings. The topological polar surface area (TPSA) is 0 Å². The van der Waals surface area contributed by atoms with Crippen molar-refractivity contribution in [2.75, 3.05) is 0 Å². The average Bonchev–Trinajstić information content (AvgIpc) is 2.79. The van der Waals surface area contributed by atoms with Crippen molar-refractivity contribution < 1.29 is 0 Å². The third-order valence-corrected chi connectivity index (χ3v) is 6.22. The van der Waals surface area contributed by atoms with Crippen LogP contribution in [0.5, 0.6) is 0 Å². The van der Waals surface area contributed by atoms with Crippen LogP contribution in [0.25, 0.3) is 0 Å². The molecule has 2 fully saturated rings. The molecule has 92 valence electrons. The first kappa shape index (κ1) is 12.5. The van der Waals surface area contributed by atoms with E-state index < -0.39 is 0 Å². The molecule has 2 rings (SSSR count). The Balaban J connectivity index is 1.96. The minimum absolute atomic E-state index is 0.183. The summed E-state index contributed by atoms with van der Waals surface area (Å²) in [5.41, 5.74) is 1.69. The van der Waals surface area contributed by atoms with Gasteiger partial charge in [-0.05, 0) is 62.2 Å². The van der Waals surface area contributed by atoms with E-state index in [9.17, 15) is 0 Å². The molecule has 0 radical (unpaired) electrons. The van der Waals surface area contributed by atoms with Gasteiger partial charge in [-0.15, -0.1) is 11.6 Å². The summed E-state index contributed by atoms with van der Waals surface area (Å²) in [7, 11) is 0. The van der Waals surface area contributed by atoms with Gasteiger partial charge in [-0.3, -0.25) is 0 Å². The monoisotopic (exact) mass is 240 g/mol. The Kier molecular flexibility index (Phi) is 3.41. The highest BCUT2D eigenvalue weighted by atomic mass is 35.5. The molecule has 0 amide bonds. The first-order chi connectivity index (χ1) is 7.45. The van der Waals surface area contributed by atoms with Gasteiger partial charge < -0.3 is 0 Å². The predicted molar refractivity (Wildman–Crippen MR) is 71.8 cm³/mol. The van der Waals surface area contributed by atoms with Gasteiger partial charge in [0, 0.05) is 0 Å². The fourth-order valence-electron chi connectivity index (χ4n) is 4.10. The summed E-state index contributed by atoms with van der Waals surface area (Å²) in [5.74, 6) is 2.88. The van der Waals surface area contributed by atoms with Gasteiger partial charge in [-0.2, -0.15) is 0 Å². The molecule has 0 aromatic heterocycles. The Bertz CT molecular complexity index is 279. The van der Waals surface area contributed by atoms with E-state index in [0.29, 0.717) is 5.41 Å². The van der Waals surface area contributed by atoms with E-state index in [1.807, 2.05) is 6.92 Å². The van der Waals surface area contributed by atoms with Gasteiger partial charge in [0.2, 0.25) is 0 Å². The molecule has 2 saturated carbocycles. The molecule has 0 heterocycles. The second-order valence-corrected chi connectivity index (χ2v) is 6.94. The molecule has 16 heavy (non-hydrogen) atoms. The SMILES string of the molecule is C=C(C)C(Cl)CC[C@]1(C)C(C)[C@@H]2CC[C@H]1C2. The minimum Gasteiger partial charge on any atom is -0.118 e. The van der Waals surface area contributed by atoms with Crippen LogP contribution in [0.4, 0.5) is 0 Å². The van der Waals surface area contributed by atoms with Gasteiger partial charge in [0.05, 0.1) is 5.38 Å². The zero-order chi connectivity index (χ0) is 11.9. The van der Waals surface area contributed by atoms with Crippen molar-refractivity contribution in [1.29, 1.82) is 0 Å². The van der Waals surface area contributed by atoms with Crippen molar-refractivity contribution in [3.8, 4) is 0 Å². The Morgan fingerprint density at radius 3 is 2.69 bits per heavy atom. The third kappa shape index (κ3) is 1.94. The van der Waals surface area contributed by atoms with Gasteiger partial charge >= 0.3 is 0 Å². The van der Waals surface area contributed by atoms with E-state index in [-0.39, 0.29) is 5.38 Å². The molecule has 0 N–H and O–H groups in total. The van der Waals surface area contributed by atoms with Crippen LogP contribution in [-0.2, 0) is 0 Å². The number of hydrogen-bond donors (Lipinski definition) is 0. The van der Waals surface area contributed by atoms with E-state index in [1.54, 1.807) is 0 Å². The number of alkyl halides is 1. The van der Waals surface area contributed by atoms with Crippen molar-refractivity contribution in [2.45, 2.75) is 58.3 Å². The Morgan fingerprint density at radius 2 is 2.19 bits per heavy atom. The van der Waals surface area contributed by atoms with Gasteiger partial charge in [0.25, 0.3) is 0 Å². The number of allylic oxidation sites excluding steroid dienone is 1. The van der Waals surface area contributed by atoms with E-state index in [1.165, 1.54) is 25.7 Å². The van der Waals surface area contributed by atoms with Crippen LogP contribution in [0.1, 0.15) is 52.9 Å². The summed E-state index contributed by atoms with van der Waals surface area (Å²) < 4.78 is 0. The van der Waals surface area contributed by atoms with E-state index >= 15 is 0 Å². The van der Waals surface area contributed by atoms with Crippen LogP contribution in [0.3, 0.4) is 0 Å². The molecule has 5 atom stereocenters. The minimum atomic E-state index is 0.183. The second-order valence-electron chi connectivity index (χ2n) is 6.42. The van der Waals surface area contributed by atoms with Crippen LogP contribution >= 0.6 is 11.6 Å². The molecule has 0 spiro atoms. The zero-order valence-electron chi connectivity index (χ0n) is 10.9. The molecular weight excluding hydrogens is 216 g/mol. The third-order valence-electron chi connectivity index (χ3n) is 5.62. The normalized spacial score (nSPS) is 43.6. The highest BCUT2D eigenvalue weighted by Gasteiger charge is 2.52. The molecule has 0 aromatic carbocycles. The lowest BCUT2D eigenvalue weighted by Gasteiger charge is -2.40. The lowest BCUT2D eigenvalue weighted by molar-refractivity contribution is 0.0993. The summed E-state index contributed by atoms with van der Waals surface area (Å²) in [5, 5.41) is 0.183. The maximum atomic E-state index is 6.31. The summed E-state index contributed by atoms with van der Waals surface area (Å²) in [6.07, 6.45) is 6.83. The van der Waals surface area contributed by atoms with Crippen molar-refractivity contribution >= 4 is 11.6 Å². The highest BCUT2D eigenvalue weighted by molar-refractivity contribution is 6.22. The maximum Gasteiger partial charge on any atom is 0.0540 e. The summed E-state index contributed by atoms with van der Waals surface area (Å²) in [4.78, 5) is 0. The van der Waals surface area contributed by atoms with Crippen molar-refractivity contribution in [1.82, 2.24) is 0 Å². The predicted octanol–water partition coefficient (Wildman–Crippen LogP) is 5.02. The second kappa shape index (κ2) is 4.37. The van der Waals surface area contributed by atoms with E-state index in [4.69, 9.17) is 11.6 Å². The van der Waals surface area contributed by atoms with Gasteiger partial charge in [0.15, 0.2) is 0 Å². The number of hydrogen-bond acceptors (Lipinski definition) is 0. The molecule has 2 aliphatic carbocycles. The Morgan fingerprint density at radius 1 is 1.50 bits per heavy atom. The zero-order valence-corrected chi connectivity index (χ0v) is 11.7. The average molecular weight is 241 g/mol. The lowest BCUT2D eigenvalue weighted by atomic mass is 9.65. The van der Waals surface area contributed by atoms with Crippen LogP contribution in [0.2, 0.25) is 0 Å². The standard InChI is InChI=1S/C15H25Cl/c1-10(2)14(16)7-8-15(4)11(3)12-5-6-13(15)9-12/h11-14H,1,5-9H2,2-4H3/t11?,12-,13+,14?,15-/m1/s1. The number of rotatable bonds is 4. The quantitative estimate of drug-likeness (QED) is 0.478. The maximum absolute atomic E-state index is 6.31. The van der Waals surface area contributed by atoms with Crippen LogP contribution < -0.4 is 0 Å². The fourth-order valence-corrected chi connectivity index (χ4v) is 4.20. The first-order valence-corrected chi connectivity index (χ1v) is 7.18. The molecule has 2 bridgehead atoms. The molecule has 0 aromatic rings. The highest BCUT2D eigenvalue weighted by Crippen LogP contribution is 2.61. The number of halogens is 1. The van der Waals surface area contributed by atoms with Crippen LogP contribution in [0, 0.1) is 23.2 Å². The van der Waals surface area contributed by atoms with E-state index in [0.717, 1.165) is 29.7 Å². The lowest BCUT2D eigenvalue weighted by Crippen LogP contribution is -2.32. The van der Waals surface area contributed by atoms with Crippen LogP contribution in [-0.4, -0.2) is 5.38 Å². The smallest absolute Gasteiger partial charge is 0.0540 e. The fraction of sp³-hybridized carbons (Fsp3) is 0.867. The molecular formula is C15H25Cl. The first-order valence-electron chi connectivity index (χ1n) is 6.74. The van der Waals surface area contributed by atoms with Crippen molar-refractivity contribution in [2.24, 2.45) is 23.2 Å². The largest absolute Gasteiger partial charge is 0.118 e. The van der Waals surface area contributed by atoms with Crippen molar-refractivity contribution in [3.63, 3.8) is 0 Å². The molecule has 2 unspecified atom stereocenters. The molecule has 0 nitrogen and oxygen atoms in total. The van der Waals surface area contributed by atoms with Gasteiger partial charge in [0.1, 0.15) is 0 Å². The summed E-state index contributed by atoms with van der Waals surface area (Å²) in [6.45, 7) is 11.0. The van der Waals surface area contributed by atoms with E-state index in [2.05, 4.69) is 20.4 Å². The molecule has 0 aliphatic heterocycles. The molecule has 1 heteroatoms. The Hall–Kier alpha value is 0.0300. The van der Waals surface area contributed by atoms with Crippen molar-refractivity contribution in [3.05, 3.63) is 12.2 Å². The van der Waals surface area contributed by atoms with Gasteiger partial charge in [-0.25, -0.2) is 0 Å². The summed E-state index contributed by atoms with van der Waals surface area (Å²) >= 11 is 6.31. The summed E-state index contributed by atoms with van der Waals surface area (Å²) in [6, 6.07) is 0.